The van der Waals surface area contributed by atoms with E-state index in [4.69, 9.17) is 14.4 Å². The van der Waals surface area contributed by atoms with Gasteiger partial charge in [-0.25, -0.2) is 9.36 Å². The highest BCUT2D eigenvalue weighted by Gasteiger charge is 2.43. The first-order valence-corrected chi connectivity index (χ1v) is 9.81. The van der Waals surface area contributed by atoms with E-state index >= 15 is 0 Å². The van der Waals surface area contributed by atoms with Gasteiger partial charge in [0.15, 0.2) is 4.31 Å². The zero-order chi connectivity index (χ0) is 19.3. The minimum Gasteiger partial charge on any atom is -0.391 e. The molecule has 1 aromatic heterocycles. The predicted molar refractivity (Wildman–Crippen MR) is 82.7 cm³/mol. The largest absolute Gasteiger partial charge is 0.759 e. The van der Waals surface area contributed by atoms with Gasteiger partial charge < -0.3 is 14.9 Å². The van der Waals surface area contributed by atoms with E-state index in [1.54, 1.807) is 0 Å². The Morgan fingerprint density at radius 1 is 1.38 bits per heavy atom. The standard InChI is InChI=1S/C10H12N2O11P3/c13-3-5-2-12(10(16)11-9(5)15)8-1-6(14)7(21-8)4-20-25(18)23-26(19)22-24-17/h2,6-8,13-14H,1,3-4H2/q+1/p+1. The first-order chi connectivity index (χ1) is 12.3. The Hall–Kier alpha value is -1.26. The van der Waals surface area contributed by atoms with Crippen LogP contribution in [0.4, 0.5) is 0 Å². The number of aliphatic hydroxyl groups excluding tert-OH is 2. The topological polar surface area (TPSA) is 183 Å². The van der Waals surface area contributed by atoms with Gasteiger partial charge in [0.25, 0.3) is 5.56 Å². The van der Waals surface area contributed by atoms with Crippen LogP contribution >= 0.6 is 25.2 Å². The monoisotopic (exact) mass is 430 g/mol. The summed E-state index contributed by atoms with van der Waals surface area (Å²) in [5.41, 5.74) is -1.61. The van der Waals surface area contributed by atoms with Gasteiger partial charge >= 0.3 is 30.9 Å². The Morgan fingerprint density at radius 3 is 2.77 bits per heavy atom. The predicted octanol–water partition coefficient (Wildman–Crippen LogP) is 0.249. The molecule has 0 aliphatic carbocycles. The number of nitrogens with zero attached hydrogens (tertiary/aromatic N) is 1. The number of H-pyrrole nitrogens is 1. The van der Waals surface area contributed by atoms with Crippen molar-refractivity contribution < 1.29 is 41.8 Å². The molecule has 3 N–H and O–H groups in total. The summed E-state index contributed by atoms with van der Waals surface area (Å²) in [6.45, 7) is -1.03. The fourth-order valence-electron chi connectivity index (χ4n) is 2.14. The van der Waals surface area contributed by atoms with E-state index in [-0.39, 0.29) is 12.0 Å². The molecule has 0 aromatic carbocycles. The zero-order valence-electron chi connectivity index (χ0n) is 12.8. The average molecular weight is 430 g/mol. The number of aliphatic hydroxyl groups is 2. The highest BCUT2D eigenvalue weighted by molar-refractivity contribution is 7.50. The molecule has 1 fully saturated rings. The maximum absolute atomic E-state index is 11.9. The molecule has 2 heterocycles. The van der Waals surface area contributed by atoms with E-state index in [1.165, 1.54) is 0 Å². The second kappa shape index (κ2) is 9.61. The summed E-state index contributed by atoms with van der Waals surface area (Å²) >= 11 is 0. The quantitative estimate of drug-likeness (QED) is 0.456. The summed E-state index contributed by atoms with van der Waals surface area (Å²) in [7, 11) is -6.72. The lowest BCUT2D eigenvalue weighted by atomic mass is 10.2. The highest BCUT2D eigenvalue weighted by atomic mass is 31.2. The third kappa shape index (κ3) is 5.37. The lowest BCUT2D eigenvalue weighted by Gasteiger charge is -2.14. The Balaban J connectivity index is 1.98. The SMILES string of the molecule is O=PO[P+](=O)O[P+](=O)OCC1OC(n2cc(CO)c(=O)[nH]c2=O)CC1O. The fraction of sp³-hybridized carbons (Fsp3) is 0.600. The molecule has 1 aromatic rings. The van der Waals surface area contributed by atoms with Crippen molar-refractivity contribution in [1.82, 2.24) is 9.55 Å². The summed E-state index contributed by atoms with van der Waals surface area (Å²) in [4.78, 5) is 25.3. The number of hydrogen-bond acceptors (Lipinski definition) is 11. The molecule has 16 heteroatoms. The number of ether oxygens (including phenoxy) is 1. The number of nitrogens with one attached hydrogen (secondary N) is 1. The van der Waals surface area contributed by atoms with E-state index in [0.29, 0.717) is 0 Å². The van der Waals surface area contributed by atoms with E-state index < -0.39 is 68.1 Å². The van der Waals surface area contributed by atoms with Gasteiger partial charge in [-0.05, 0) is 4.31 Å². The summed E-state index contributed by atoms with van der Waals surface area (Å²) in [6.07, 6.45) is -2.02. The van der Waals surface area contributed by atoms with Crippen LogP contribution in [-0.2, 0) is 38.2 Å². The van der Waals surface area contributed by atoms with Gasteiger partial charge in [0.05, 0.1) is 18.3 Å². The van der Waals surface area contributed by atoms with E-state index in [1.807, 2.05) is 4.98 Å². The van der Waals surface area contributed by atoms with Crippen LogP contribution in [0, 0.1) is 0 Å². The van der Waals surface area contributed by atoms with E-state index in [0.717, 1.165) is 10.8 Å². The average Bonchev–Trinajstić information content (AvgIpc) is 2.94. The minimum absolute atomic E-state index is 0.0467. The molecule has 1 aliphatic heterocycles. The Labute approximate surface area is 148 Å². The minimum atomic E-state index is -2.90. The number of hydrogen-bond donors (Lipinski definition) is 3. The molecule has 0 spiro atoms. The third-order valence-electron chi connectivity index (χ3n) is 3.30. The first-order valence-electron chi connectivity index (χ1n) is 6.89. The van der Waals surface area contributed by atoms with Gasteiger partial charge in [0, 0.05) is 21.7 Å². The fourth-order valence-corrected chi connectivity index (χ4v) is 3.64. The third-order valence-corrected chi connectivity index (χ3v) is 5.53. The molecule has 0 bridgehead atoms. The van der Waals surface area contributed by atoms with E-state index in [9.17, 15) is 28.4 Å². The zero-order valence-corrected chi connectivity index (χ0v) is 15.5. The highest BCUT2D eigenvalue weighted by Crippen LogP contribution is 2.42. The summed E-state index contributed by atoms with van der Waals surface area (Å²) in [5, 5.41) is 19.1. The normalized spacial score (nSPS) is 24.0. The molecule has 142 valence electrons. The van der Waals surface area contributed by atoms with Crippen LogP contribution < -0.4 is 11.2 Å². The first kappa shape index (κ1) is 21.0. The van der Waals surface area contributed by atoms with Gasteiger partial charge in [-0.2, -0.15) is 0 Å². The number of rotatable bonds is 9. The summed E-state index contributed by atoms with van der Waals surface area (Å²) in [6, 6.07) is 0. The molecule has 5 unspecified atom stereocenters. The molecule has 26 heavy (non-hydrogen) atoms. The maximum Gasteiger partial charge on any atom is 0.759 e. The molecule has 13 nitrogen and oxygen atoms in total. The molecule has 5 atom stereocenters. The second-order valence-electron chi connectivity index (χ2n) is 4.89. The molecular weight excluding hydrogens is 417 g/mol. The van der Waals surface area contributed by atoms with Crippen molar-refractivity contribution in [3.05, 3.63) is 32.6 Å². The van der Waals surface area contributed by atoms with Crippen molar-refractivity contribution >= 4 is 25.2 Å². The smallest absolute Gasteiger partial charge is 0.391 e. The molecule has 1 saturated heterocycles. The van der Waals surface area contributed by atoms with Crippen LogP contribution in [0.2, 0.25) is 0 Å². The Bertz CT molecular complexity index is 808. The van der Waals surface area contributed by atoms with Crippen LogP contribution in [0.3, 0.4) is 0 Å². The Morgan fingerprint density at radius 2 is 2.12 bits per heavy atom. The van der Waals surface area contributed by atoms with Crippen LogP contribution in [-0.4, -0.2) is 38.6 Å². The Kier molecular flexibility index (Phi) is 7.78. The van der Waals surface area contributed by atoms with Crippen molar-refractivity contribution in [3.63, 3.8) is 0 Å². The molecule has 0 radical (unpaired) electrons. The van der Waals surface area contributed by atoms with Gasteiger partial charge in [-0.1, -0.05) is 0 Å². The molecule has 1 aliphatic rings. The van der Waals surface area contributed by atoms with Gasteiger partial charge in [0.2, 0.25) is 0 Å². The van der Waals surface area contributed by atoms with E-state index in [2.05, 4.69) is 8.62 Å². The van der Waals surface area contributed by atoms with Crippen molar-refractivity contribution in [2.75, 3.05) is 6.61 Å². The van der Waals surface area contributed by atoms with Gasteiger partial charge in [-0.3, -0.25) is 14.3 Å². The van der Waals surface area contributed by atoms with Crippen molar-refractivity contribution in [3.8, 4) is 0 Å². The van der Waals surface area contributed by atoms with Crippen molar-refractivity contribution in [2.45, 2.75) is 31.5 Å². The molecule has 0 saturated carbocycles. The second-order valence-corrected chi connectivity index (χ2v) is 7.50. The lowest BCUT2D eigenvalue weighted by molar-refractivity contribution is -0.0412. The number of aromatic nitrogens is 2. The van der Waals surface area contributed by atoms with Crippen LogP contribution in [0.1, 0.15) is 18.2 Å². The van der Waals surface area contributed by atoms with Crippen LogP contribution in [0.5, 0.6) is 0 Å². The molecule has 2 rings (SSSR count). The summed E-state index contributed by atoms with van der Waals surface area (Å²) < 4.78 is 51.8. The van der Waals surface area contributed by atoms with Crippen molar-refractivity contribution in [2.24, 2.45) is 0 Å². The maximum atomic E-state index is 11.9. The van der Waals surface area contributed by atoms with Crippen LogP contribution in [0.25, 0.3) is 0 Å². The summed E-state index contributed by atoms with van der Waals surface area (Å²) in [5.74, 6) is 0. The van der Waals surface area contributed by atoms with Gasteiger partial charge in [-0.15, -0.1) is 4.52 Å². The van der Waals surface area contributed by atoms with Crippen LogP contribution in [0.15, 0.2) is 15.8 Å². The number of aromatic amines is 1. The molecular formula is C10H13N2O11P3+2. The van der Waals surface area contributed by atoms with Crippen molar-refractivity contribution in [1.29, 1.82) is 0 Å². The lowest BCUT2D eigenvalue weighted by Crippen LogP contribution is -2.34. The molecule has 0 amide bonds. The van der Waals surface area contributed by atoms with Gasteiger partial charge in [0.1, 0.15) is 18.9 Å².